The zero-order chi connectivity index (χ0) is 11.8. The zero-order valence-electron chi connectivity index (χ0n) is 9.07. The summed E-state index contributed by atoms with van der Waals surface area (Å²) in [4.78, 5) is 29.3. The third-order valence-corrected chi connectivity index (χ3v) is 3.27. The Morgan fingerprint density at radius 2 is 1.50 bits per heavy atom. The largest absolute Gasteiger partial charge is 0.459 e. The van der Waals surface area contributed by atoms with Gasteiger partial charge in [-0.15, -0.1) is 0 Å². The molecule has 0 aliphatic rings. The maximum Gasteiger partial charge on any atom is 0.342 e. The Labute approximate surface area is 83.6 Å². The van der Waals surface area contributed by atoms with Gasteiger partial charge in [0.25, 0.3) is 0 Å². The summed E-state index contributed by atoms with van der Waals surface area (Å²) in [6.07, 6.45) is 0. The van der Waals surface area contributed by atoms with Crippen LogP contribution in [0.3, 0.4) is 0 Å². The van der Waals surface area contributed by atoms with Crippen molar-refractivity contribution in [3.8, 4) is 0 Å². The predicted octanol–water partition coefficient (Wildman–Crippen LogP) is 1.28. The topological polar surface area (TPSA) is 83.8 Å². The van der Waals surface area contributed by atoms with Gasteiger partial charge in [-0.25, -0.2) is 0 Å². The van der Waals surface area contributed by atoms with Crippen LogP contribution in [0.2, 0.25) is 0 Å². The summed E-state index contributed by atoms with van der Waals surface area (Å²) >= 11 is 0. The van der Waals surface area contributed by atoms with Crippen molar-refractivity contribution in [2.75, 3.05) is 0 Å². The Morgan fingerprint density at radius 1 is 1.14 bits per heavy atom. The van der Waals surface area contributed by atoms with Crippen molar-refractivity contribution < 1.29 is 23.9 Å². The van der Waals surface area contributed by atoms with E-state index >= 15 is 0 Å². The van der Waals surface area contributed by atoms with Crippen molar-refractivity contribution >= 4 is 13.6 Å². The standard InChI is InChI=1S/C8H17O5P/c1-7(2,3)13-6(9)8(4,5)14(10,11)12/h1-5H3,(H2,10,11,12). The smallest absolute Gasteiger partial charge is 0.342 e. The van der Waals surface area contributed by atoms with Gasteiger partial charge in [0.15, 0.2) is 5.16 Å². The summed E-state index contributed by atoms with van der Waals surface area (Å²) in [6, 6.07) is 0. The van der Waals surface area contributed by atoms with Crippen LogP contribution in [0.5, 0.6) is 0 Å². The highest BCUT2D eigenvalue weighted by molar-refractivity contribution is 7.54. The highest BCUT2D eigenvalue weighted by Crippen LogP contribution is 2.50. The normalized spacial score (nSPS) is 13.9. The molecule has 84 valence electrons. The molecule has 0 unspecified atom stereocenters. The molecule has 0 aromatic rings. The van der Waals surface area contributed by atoms with Crippen LogP contribution in [0.25, 0.3) is 0 Å². The molecule has 0 rings (SSSR count). The van der Waals surface area contributed by atoms with E-state index in [1.165, 1.54) is 13.8 Å². The molecule has 0 aromatic heterocycles. The number of carbonyl (C=O) groups excluding carboxylic acids is 1. The van der Waals surface area contributed by atoms with Crippen molar-refractivity contribution in [2.24, 2.45) is 0 Å². The summed E-state index contributed by atoms with van der Waals surface area (Å²) in [5.41, 5.74) is -0.747. The van der Waals surface area contributed by atoms with Crippen LogP contribution in [0.1, 0.15) is 34.6 Å². The van der Waals surface area contributed by atoms with E-state index in [9.17, 15) is 9.36 Å². The highest BCUT2D eigenvalue weighted by Gasteiger charge is 2.47. The number of rotatable bonds is 2. The van der Waals surface area contributed by atoms with Crippen LogP contribution < -0.4 is 0 Å². The number of ether oxygens (including phenoxy) is 1. The van der Waals surface area contributed by atoms with Gasteiger partial charge in [0, 0.05) is 0 Å². The minimum absolute atomic E-state index is 0.747. The van der Waals surface area contributed by atoms with Crippen molar-refractivity contribution in [3.63, 3.8) is 0 Å². The fourth-order valence-electron chi connectivity index (χ4n) is 0.522. The maximum absolute atomic E-state index is 11.4. The van der Waals surface area contributed by atoms with Crippen LogP contribution in [-0.2, 0) is 14.1 Å². The molecule has 0 saturated carbocycles. The summed E-state index contributed by atoms with van der Waals surface area (Å²) in [5.74, 6) is -0.890. The van der Waals surface area contributed by atoms with Crippen molar-refractivity contribution in [3.05, 3.63) is 0 Å². The summed E-state index contributed by atoms with van der Waals surface area (Å²) in [6.45, 7) is 7.26. The van der Waals surface area contributed by atoms with Gasteiger partial charge in [-0.1, -0.05) is 0 Å². The van der Waals surface area contributed by atoms with E-state index in [2.05, 4.69) is 0 Å². The van der Waals surface area contributed by atoms with Crippen molar-refractivity contribution in [1.82, 2.24) is 0 Å². The van der Waals surface area contributed by atoms with Gasteiger partial charge in [0.2, 0.25) is 0 Å². The fraction of sp³-hybridized carbons (Fsp3) is 0.875. The minimum atomic E-state index is -4.49. The molecular weight excluding hydrogens is 207 g/mol. The van der Waals surface area contributed by atoms with Gasteiger partial charge in [-0.05, 0) is 34.6 Å². The first-order valence-electron chi connectivity index (χ1n) is 4.17. The van der Waals surface area contributed by atoms with E-state index in [-0.39, 0.29) is 0 Å². The first kappa shape index (κ1) is 13.6. The molecule has 0 spiro atoms. The lowest BCUT2D eigenvalue weighted by Crippen LogP contribution is -2.38. The van der Waals surface area contributed by atoms with E-state index in [1.807, 2.05) is 0 Å². The second-order valence-electron chi connectivity index (χ2n) is 4.60. The third-order valence-electron chi connectivity index (χ3n) is 1.63. The molecule has 0 aromatic carbocycles. The van der Waals surface area contributed by atoms with Gasteiger partial charge >= 0.3 is 13.6 Å². The Balaban J connectivity index is 4.80. The van der Waals surface area contributed by atoms with Gasteiger partial charge in [-0.3, -0.25) is 9.36 Å². The number of esters is 1. The fourth-order valence-corrected chi connectivity index (χ4v) is 0.805. The molecule has 0 amide bonds. The number of carbonyl (C=O) groups is 1. The van der Waals surface area contributed by atoms with Crippen LogP contribution in [0, 0.1) is 0 Å². The first-order valence-corrected chi connectivity index (χ1v) is 5.78. The molecule has 0 radical (unpaired) electrons. The molecule has 6 heteroatoms. The molecular formula is C8H17O5P. The lowest BCUT2D eigenvalue weighted by molar-refractivity contribution is -0.157. The van der Waals surface area contributed by atoms with E-state index in [1.54, 1.807) is 20.8 Å². The first-order chi connectivity index (χ1) is 5.88. The van der Waals surface area contributed by atoms with E-state index in [0.29, 0.717) is 0 Å². The monoisotopic (exact) mass is 224 g/mol. The van der Waals surface area contributed by atoms with Gasteiger partial charge < -0.3 is 14.5 Å². The molecule has 0 fully saturated rings. The van der Waals surface area contributed by atoms with Crippen LogP contribution >= 0.6 is 7.60 Å². The lowest BCUT2D eigenvalue weighted by atomic mass is 10.1. The Hall–Kier alpha value is -0.380. The quantitative estimate of drug-likeness (QED) is 0.545. The molecule has 0 saturated heterocycles. The SMILES string of the molecule is CC(C)(C)OC(=O)C(C)(C)P(=O)(O)O. The Bertz CT molecular complexity index is 270. The predicted molar refractivity (Wildman–Crippen MR) is 52.0 cm³/mol. The maximum atomic E-state index is 11.4. The number of hydrogen-bond donors (Lipinski definition) is 2. The average molecular weight is 224 g/mol. The summed E-state index contributed by atoms with van der Waals surface area (Å²) in [5, 5.41) is -1.79. The third kappa shape index (κ3) is 3.40. The second-order valence-corrected chi connectivity index (χ2v) is 6.81. The Kier molecular flexibility index (Phi) is 3.55. The van der Waals surface area contributed by atoms with Crippen LogP contribution in [-0.4, -0.2) is 26.5 Å². The molecule has 0 atom stereocenters. The second kappa shape index (κ2) is 3.65. The molecule has 0 aliphatic heterocycles. The van der Waals surface area contributed by atoms with Crippen LogP contribution in [0.4, 0.5) is 0 Å². The van der Waals surface area contributed by atoms with Gasteiger partial charge in [0.1, 0.15) is 5.60 Å². The molecule has 14 heavy (non-hydrogen) atoms. The molecule has 0 heterocycles. The molecule has 2 N–H and O–H groups in total. The molecule has 0 bridgehead atoms. The molecule has 0 aliphatic carbocycles. The summed E-state index contributed by atoms with van der Waals surface area (Å²) in [7, 11) is -4.49. The van der Waals surface area contributed by atoms with E-state index < -0.39 is 24.3 Å². The zero-order valence-corrected chi connectivity index (χ0v) is 9.96. The Morgan fingerprint density at radius 3 is 1.71 bits per heavy atom. The summed E-state index contributed by atoms with van der Waals surface area (Å²) < 4.78 is 15.9. The number of hydrogen-bond acceptors (Lipinski definition) is 3. The van der Waals surface area contributed by atoms with Crippen molar-refractivity contribution in [2.45, 2.75) is 45.4 Å². The minimum Gasteiger partial charge on any atom is -0.459 e. The highest BCUT2D eigenvalue weighted by atomic mass is 31.2. The average Bonchev–Trinajstić information content (AvgIpc) is 1.80. The van der Waals surface area contributed by atoms with Crippen LogP contribution in [0.15, 0.2) is 0 Å². The van der Waals surface area contributed by atoms with E-state index in [0.717, 1.165) is 0 Å². The van der Waals surface area contributed by atoms with E-state index in [4.69, 9.17) is 14.5 Å². The van der Waals surface area contributed by atoms with Gasteiger partial charge in [-0.2, -0.15) is 0 Å². The van der Waals surface area contributed by atoms with Gasteiger partial charge in [0.05, 0.1) is 0 Å². The lowest BCUT2D eigenvalue weighted by Gasteiger charge is -2.28. The molecule has 5 nitrogen and oxygen atoms in total. The van der Waals surface area contributed by atoms with Crippen molar-refractivity contribution in [1.29, 1.82) is 0 Å².